The van der Waals surface area contributed by atoms with Gasteiger partial charge in [0.25, 0.3) is 0 Å². The molecule has 0 bridgehead atoms. The van der Waals surface area contributed by atoms with Crippen LogP contribution in [0.2, 0.25) is 0 Å². The Morgan fingerprint density at radius 3 is 2.24 bits per heavy atom. The summed E-state index contributed by atoms with van der Waals surface area (Å²) in [6.07, 6.45) is 1.05. The second-order valence-electron chi connectivity index (χ2n) is 6.58. The monoisotopic (exact) mass is 514 g/mol. The minimum Gasteiger partial charge on any atom is -1.00 e. The van der Waals surface area contributed by atoms with E-state index in [1.54, 1.807) is 35.6 Å². The molecule has 0 saturated carbocycles. The average Bonchev–Trinajstić information content (AvgIpc) is 3.41. The van der Waals surface area contributed by atoms with Crippen LogP contribution in [0.25, 0.3) is 22.3 Å². The van der Waals surface area contributed by atoms with Gasteiger partial charge >= 0.3 is 41.3 Å². The number of fused-ring (bicyclic) bond motifs is 3. The van der Waals surface area contributed by atoms with Crippen molar-refractivity contribution in [3.8, 4) is 22.3 Å². The maximum Gasteiger partial charge on any atom is -0.0253 e. The zero-order valence-electron chi connectivity index (χ0n) is 16.5. The Kier molecular flexibility index (Phi) is 11.8. The standard InChI is InChI=1S/C13H9.C9H7S.C3H6.2ClH.Zr/c1-3-7-12-10(5-1)9-11-6-2-4-8-13(11)12;1-2-4-8(3-1)9-5-6-10-7-9;1-3-2;;;/h1-5,7-8H,9H2;1-7H;1-2H3;2*1H;/q2*-1;;;;+2/p-2. The first kappa shape index (κ1) is 25.9. The Hall–Kier alpha value is -1.18. The number of benzene rings is 2. The third-order valence-electron chi connectivity index (χ3n) is 4.13. The van der Waals surface area contributed by atoms with E-state index in [4.69, 9.17) is 0 Å². The van der Waals surface area contributed by atoms with Crippen molar-refractivity contribution in [3.63, 3.8) is 0 Å². The zero-order valence-corrected chi connectivity index (χ0v) is 21.2. The first-order chi connectivity index (χ1) is 13.1. The van der Waals surface area contributed by atoms with Crippen molar-refractivity contribution in [3.05, 3.63) is 101 Å². The Balaban J connectivity index is 0.000000237. The van der Waals surface area contributed by atoms with Crippen LogP contribution in [0.15, 0.2) is 83.6 Å². The molecule has 4 aromatic rings. The number of thiophene rings is 1. The molecule has 0 amide bonds. The normalized spacial score (nSPS) is 9.93. The van der Waals surface area contributed by atoms with Crippen molar-refractivity contribution >= 4 is 14.5 Å². The quantitative estimate of drug-likeness (QED) is 0.291. The summed E-state index contributed by atoms with van der Waals surface area (Å²) in [5.74, 6) is 0. The number of rotatable bonds is 1. The van der Waals surface area contributed by atoms with Crippen LogP contribution in [0.1, 0.15) is 25.0 Å². The zero-order chi connectivity index (χ0) is 19.1. The predicted molar refractivity (Wildman–Crippen MR) is 115 cm³/mol. The van der Waals surface area contributed by atoms with Crippen molar-refractivity contribution < 1.29 is 49.0 Å². The van der Waals surface area contributed by atoms with E-state index >= 15 is 0 Å². The van der Waals surface area contributed by atoms with Gasteiger partial charge in [0.05, 0.1) is 0 Å². The molecule has 5 rings (SSSR count). The van der Waals surface area contributed by atoms with E-state index in [1.165, 1.54) is 36.6 Å². The summed E-state index contributed by atoms with van der Waals surface area (Å²) in [5, 5.41) is 4.26. The van der Waals surface area contributed by atoms with Crippen LogP contribution in [0.3, 0.4) is 0 Å². The molecule has 0 saturated heterocycles. The van der Waals surface area contributed by atoms with E-state index in [9.17, 15) is 0 Å². The fraction of sp³-hybridized carbons (Fsp3) is 0.120. The second-order valence-corrected chi connectivity index (χ2v) is 9.82. The summed E-state index contributed by atoms with van der Waals surface area (Å²) < 4.78 is 1.51. The van der Waals surface area contributed by atoms with Gasteiger partial charge in [0.1, 0.15) is 0 Å². The van der Waals surface area contributed by atoms with Crippen molar-refractivity contribution in [2.75, 3.05) is 0 Å². The van der Waals surface area contributed by atoms with Crippen LogP contribution in [-0.4, -0.2) is 3.21 Å². The summed E-state index contributed by atoms with van der Waals surface area (Å²) in [6, 6.07) is 28.6. The minimum absolute atomic E-state index is 0. The molecule has 0 unspecified atom stereocenters. The van der Waals surface area contributed by atoms with Crippen LogP contribution in [0.5, 0.6) is 0 Å². The van der Waals surface area contributed by atoms with Crippen molar-refractivity contribution in [1.82, 2.24) is 0 Å². The average molecular weight is 517 g/mol. The molecule has 1 heterocycles. The van der Waals surface area contributed by atoms with E-state index in [1.807, 2.05) is 6.07 Å². The van der Waals surface area contributed by atoms with Crippen LogP contribution >= 0.6 is 11.3 Å². The third kappa shape index (κ3) is 7.54. The molecule has 0 N–H and O–H groups in total. The molecular weight excluding hydrogens is 494 g/mol. The topological polar surface area (TPSA) is 0 Å². The number of hydrogen-bond donors (Lipinski definition) is 0. The van der Waals surface area contributed by atoms with Crippen LogP contribution in [0, 0.1) is 6.07 Å². The van der Waals surface area contributed by atoms with E-state index in [2.05, 4.69) is 97.4 Å². The largest absolute Gasteiger partial charge is 1.00 e. The molecule has 0 radical (unpaired) electrons. The molecule has 0 fully saturated rings. The van der Waals surface area contributed by atoms with E-state index in [-0.39, 0.29) is 24.8 Å². The molecule has 1 aliphatic rings. The van der Waals surface area contributed by atoms with Gasteiger partial charge in [0, 0.05) is 0 Å². The van der Waals surface area contributed by atoms with Gasteiger partial charge in [0.2, 0.25) is 0 Å². The molecule has 1 aromatic heterocycles. The minimum atomic E-state index is 0. The summed E-state index contributed by atoms with van der Waals surface area (Å²) >= 11 is 3.29. The van der Waals surface area contributed by atoms with E-state index < -0.39 is 0 Å². The van der Waals surface area contributed by atoms with Crippen LogP contribution in [0.4, 0.5) is 0 Å². The van der Waals surface area contributed by atoms with Gasteiger partial charge in [-0.3, -0.25) is 0 Å². The summed E-state index contributed by atoms with van der Waals surface area (Å²) in [6.45, 7) is 4.25. The molecule has 1 aliphatic carbocycles. The first-order valence-corrected chi connectivity index (χ1v) is 11.2. The van der Waals surface area contributed by atoms with Crippen LogP contribution in [-0.2, 0) is 30.7 Å². The van der Waals surface area contributed by atoms with Gasteiger partial charge in [-0.25, -0.2) is 11.3 Å². The van der Waals surface area contributed by atoms with E-state index in [0.29, 0.717) is 0 Å². The van der Waals surface area contributed by atoms with Crippen LogP contribution < -0.4 is 24.8 Å². The van der Waals surface area contributed by atoms with Gasteiger partial charge in [0.15, 0.2) is 0 Å². The first-order valence-electron chi connectivity index (χ1n) is 8.99. The smallest absolute Gasteiger partial charge is 0.0253 e. The SMILES string of the molecule is C[C](C)=[Zr+2].[Cl-].[Cl-].[c-]1cccc2c1Cc1ccccc1-2.c1cc[c-](-c2ccsc2)c1. The predicted octanol–water partition coefficient (Wildman–Crippen LogP) is 0.945. The molecule has 148 valence electrons. The molecule has 29 heavy (non-hydrogen) atoms. The van der Waals surface area contributed by atoms with Gasteiger partial charge in [-0.2, -0.15) is 42.0 Å². The maximum absolute atomic E-state index is 3.30. The summed E-state index contributed by atoms with van der Waals surface area (Å²) in [7, 11) is 0. The molecule has 3 aromatic carbocycles. The Morgan fingerprint density at radius 1 is 0.931 bits per heavy atom. The molecule has 0 aliphatic heterocycles. The third-order valence-corrected chi connectivity index (χ3v) is 4.82. The number of halogens is 2. The molecular formula is C25H22Cl2SZr-2. The van der Waals surface area contributed by atoms with E-state index in [0.717, 1.165) is 6.42 Å². The summed E-state index contributed by atoms with van der Waals surface area (Å²) in [5.41, 5.74) is 8.16. The maximum atomic E-state index is 3.30. The number of hydrogen-bond acceptors (Lipinski definition) is 1. The fourth-order valence-electron chi connectivity index (χ4n) is 2.99. The van der Waals surface area contributed by atoms with Crippen molar-refractivity contribution in [2.45, 2.75) is 20.3 Å². The van der Waals surface area contributed by atoms with Gasteiger partial charge < -0.3 is 24.8 Å². The van der Waals surface area contributed by atoms with Gasteiger partial charge in [-0.15, -0.1) is 29.3 Å². The van der Waals surface area contributed by atoms with Crippen molar-refractivity contribution in [1.29, 1.82) is 0 Å². The second kappa shape index (κ2) is 13.2. The molecule has 0 atom stereocenters. The fourth-order valence-corrected chi connectivity index (χ4v) is 3.66. The molecule has 0 spiro atoms. The Morgan fingerprint density at radius 2 is 1.59 bits per heavy atom. The molecule has 4 heteroatoms. The van der Waals surface area contributed by atoms with Gasteiger partial charge in [-0.05, 0) is 6.42 Å². The Bertz CT molecular complexity index is 910. The van der Waals surface area contributed by atoms with Crippen molar-refractivity contribution in [2.24, 2.45) is 0 Å². The summed E-state index contributed by atoms with van der Waals surface area (Å²) in [4.78, 5) is 0. The molecule has 0 nitrogen and oxygen atoms in total. The van der Waals surface area contributed by atoms with Gasteiger partial charge in [-0.1, -0.05) is 51.7 Å². The Labute approximate surface area is 205 Å².